The van der Waals surface area contributed by atoms with E-state index in [-0.39, 0.29) is 0 Å². The molecule has 0 amide bonds. The fourth-order valence-electron chi connectivity index (χ4n) is 2.61. The van der Waals surface area contributed by atoms with Crippen molar-refractivity contribution in [1.29, 1.82) is 0 Å². The van der Waals surface area contributed by atoms with E-state index in [2.05, 4.69) is 24.3 Å². The van der Waals surface area contributed by atoms with Crippen LogP contribution in [0.4, 0.5) is 0 Å². The quantitative estimate of drug-likeness (QED) is 0.770. The van der Waals surface area contributed by atoms with Crippen LogP contribution in [0.2, 0.25) is 0 Å². The molecule has 116 valence electrons. The fourth-order valence-corrected chi connectivity index (χ4v) is 2.61. The fraction of sp³-hybridized carbons (Fsp3) is 0.316. The van der Waals surface area contributed by atoms with Gasteiger partial charge in [-0.05, 0) is 61.9 Å². The second kappa shape index (κ2) is 7.64. The van der Waals surface area contributed by atoms with Crippen molar-refractivity contribution in [2.75, 3.05) is 6.61 Å². The van der Waals surface area contributed by atoms with Gasteiger partial charge in [-0.15, -0.1) is 0 Å². The van der Waals surface area contributed by atoms with E-state index in [1.807, 2.05) is 6.07 Å². The predicted molar refractivity (Wildman–Crippen MR) is 87.8 cm³/mol. The molecule has 2 rings (SSSR count). The lowest BCUT2D eigenvalue weighted by atomic mass is 10.0. The molecule has 2 aromatic rings. The van der Waals surface area contributed by atoms with Gasteiger partial charge in [0, 0.05) is 0 Å². The Balaban J connectivity index is 1.81. The van der Waals surface area contributed by atoms with Gasteiger partial charge in [0.25, 0.3) is 0 Å². The van der Waals surface area contributed by atoms with E-state index in [1.165, 1.54) is 5.56 Å². The highest BCUT2D eigenvalue weighted by atomic mass is 16.5. The SMILES string of the molecule is Cc1cc(OCCCCc2ccccc2)cc(C)c1C(=O)O. The van der Waals surface area contributed by atoms with Crippen LogP contribution in [0.3, 0.4) is 0 Å². The van der Waals surface area contributed by atoms with Gasteiger partial charge in [0.1, 0.15) is 5.75 Å². The number of carboxylic acid groups (broad SMARTS) is 1. The van der Waals surface area contributed by atoms with Crippen molar-refractivity contribution in [3.05, 3.63) is 64.7 Å². The lowest BCUT2D eigenvalue weighted by molar-refractivity contribution is 0.0695. The van der Waals surface area contributed by atoms with Gasteiger partial charge in [-0.25, -0.2) is 4.79 Å². The third-order valence-corrected chi connectivity index (χ3v) is 3.69. The summed E-state index contributed by atoms with van der Waals surface area (Å²) in [5.41, 5.74) is 3.20. The molecular formula is C19H22O3. The third kappa shape index (κ3) is 4.35. The third-order valence-electron chi connectivity index (χ3n) is 3.69. The lowest BCUT2D eigenvalue weighted by Crippen LogP contribution is -2.05. The monoisotopic (exact) mass is 298 g/mol. The summed E-state index contributed by atoms with van der Waals surface area (Å²) in [4.78, 5) is 11.1. The van der Waals surface area contributed by atoms with Crippen LogP contribution in [-0.2, 0) is 6.42 Å². The smallest absolute Gasteiger partial charge is 0.336 e. The molecule has 0 spiro atoms. The minimum Gasteiger partial charge on any atom is -0.494 e. The summed E-state index contributed by atoms with van der Waals surface area (Å²) in [6.45, 7) is 4.26. The maximum Gasteiger partial charge on any atom is 0.336 e. The van der Waals surface area contributed by atoms with E-state index in [0.29, 0.717) is 12.2 Å². The Morgan fingerprint density at radius 2 is 1.68 bits per heavy atom. The first-order valence-electron chi connectivity index (χ1n) is 7.59. The molecule has 0 aliphatic carbocycles. The molecule has 0 heterocycles. The summed E-state index contributed by atoms with van der Waals surface area (Å²) >= 11 is 0. The summed E-state index contributed by atoms with van der Waals surface area (Å²) in [6.07, 6.45) is 3.11. The first-order chi connectivity index (χ1) is 10.6. The summed E-state index contributed by atoms with van der Waals surface area (Å²) < 4.78 is 5.75. The Hall–Kier alpha value is -2.29. The Labute approximate surface area is 131 Å². The topological polar surface area (TPSA) is 46.5 Å². The molecule has 0 aliphatic rings. The number of aromatic carboxylic acids is 1. The molecule has 22 heavy (non-hydrogen) atoms. The molecule has 0 bridgehead atoms. The van der Waals surface area contributed by atoms with E-state index in [1.54, 1.807) is 26.0 Å². The number of hydrogen-bond acceptors (Lipinski definition) is 2. The average Bonchev–Trinajstić information content (AvgIpc) is 2.47. The van der Waals surface area contributed by atoms with Crippen molar-refractivity contribution >= 4 is 5.97 Å². The molecule has 0 atom stereocenters. The summed E-state index contributed by atoms with van der Waals surface area (Å²) in [5.74, 6) is -0.135. The van der Waals surface area contributed by atoms with Crippen LogP contribution in [0.25, 0.3) is 0 Å². The van der Waals surface area contributed by atoms with Crippen molar-refractivity contribution in [2.45, 2.75) is 33.1 Å². The zero-order valence-electron chi connectivity index (χ0n) is 13.1. The Morgan fingerprint density at radius 1 is 1.05 bits per heavy atom. The van der Waals surface area contributed by atoms with Gasteiger partial charge < -0.3 is 9.84 Å². The zero-order chi connectivity index (χ0) is 15.9. The Kier molecular flexibility index (Phi) is 5.59. The Morgan fingerprint density at radius 3 is 2.27 bits per heavy atom. The van der Waals surface area contributed by atoms with Crippen molar-refractivity contribution < 1.29 is 14.6 Å². The zero-order valence-corrected chi connectivity index (χ0v) is 13.1. The summed E-state index contributed by atoms with van der Waals surface area (Å²) in [5, 5.41) is 9.15. The maximum absolute atomic E-state index is 11.1. The lowest BCUT2D eigenvalue weighted by Gasteiger charge is -2.11. The van der Waals surface area contributed by atoms with Crippen LogP contribution in [0.1, 0.15) is 39.9 Å². The van der Waals surface area contributed by atoms with Crippen molar-refractivity contribution in [3.8, 4) is 5.75 Å². The highest BCUT2D eigenvalue weighted by Gasteiger charge is 2.12. The van der Waals surface area contributed by atoms with Gasteiger partial charge >= 0.3 is 5.97 Å². The van der Waals surface area contributed by atoms with E-state index in [4.69, 9.17) is 9.84 Å². The maximum atomic E-state index is 11.1. The normalized spacial score (nSPS) is 10.5. The molecular weight excluding hydrogens is 276 g/mol. The standard InChI is InChI=1S/C19H22O3/c1-14-12-17(13-15(2)18(14)19(20)21)22-11-7-6-10-16-8-4-3-5-9-16/h3-5,8-9,12-13H,6-7,10-11H2,1-2H3,(H,20,21). The average molecular weight is 298 g/mol. The Bertz CT molecular complexity index is 609. The van der Waals surface area contributed by atoms with Crippen LogP contribution >= 0.6 is 0 Å². The van der Waals surface area contributed by atoms with Crippen LogP contribution in [0.15, 0.2) is 42.5 Å². The molecule has 0 radical (unpaired) electrons. The number of ether oxygens (including phenoxy) is 1. The van der Waals surface area contributed by atoms with Gasteiger partial charge in [0.05, 0.1) is 12.2 Å². The molecule has 3 nitrogen and oxygen atoms in total. The van der Waals surface area contributed by atoms with Gasteiger partial charge in [-0.1, -0.05) is 30.3 Å². The first kappa shape index (κ1) is 16.1. The molecule has 0 unspecified atom stereocenters. The number of aryl methyl sites for hydroxylation is 3. The van der Waals surface area contributed by atoms with Gasteiger partial charge in [0.2, 0.25) is 0 Å². The van der Waals surface area contributed by atoms with Gasteiger partial charge in [-0.3, -0.25) is 0 Å². The first-order valence-corrected chi connectivity index (χ1v) is 7.59. The number of carbonyl (C=O) groups is 1. The molecule has 0 saturated heterocycles. The predicted octanol–water partition coefficient (Wildman–Crippen LogP) is 4.40. The molecule has 2 aromatic carbocycles. The van der Waals surface area contributed by atoms with Crippen molar-refractivity contribution in [2.24, 2.45) is 0 Å². The summed E-state index contributed by atoms with van der Waals surface area (Å²) in [7, 11) is 0. The second-order valence-corrected chi connectivity index (χ2v) is 5.53. The molecule has 0 aliphatic heterocycles. The van der Waals surface area contributed by atoms with Crippen LogP contribution in [-0.4, -0.2) is 17.7 Å². The van der Waals surface area contributed by atoms with E-state index >= 15 is 0 Å². The van der Waals surface area contributed by atoms with Gasteiger partial charge in [-0.2, -0.15) is 0 Å². The molecule has 3 heteroatoms. The van der Waals surface area contributed by atoms with E-state index in [0.717, 1.165) is 36.1 Å². The highest BCUT2D eigenvalue weighted by Crippen LogP contribution is 2.22. The minimum absolute atomic E-state index is 0.372. The molecule has 0 saturated carbocycles. The van der Waals surface area contributed by atoms with E-state index in [9.17, 15) is 4.79 Å². The highest BCUT2D eigenvalue weighted by molar-refractivity contribution is 5.91. The second-order valence-electron chi connectivity index (χ2n) is 5.53. The van der Waals surface area contributed by atoms with Crippen LogP contribution in [0.5, 0.6) is 5.75 Å². The number of benzene rings is 2. The van der Waals surface area contributed by atoms with Crippen molar-refractivity contribution in [1.82, 2.24) is 0 Å². The van der Waals surface area contributed by atoms with Crippen molar-refractivity contribution in [3.63, 3.8) is 0 Å². The van der Waals surface area contributed by atoms with Gasteiger partial charge in [0.15, 0.2) is 0 Å². The van der Waals surface area contributed by atoms with Crippen LogP contribution < -0.4 is 4.74 Å². The number of hydrogen-bond donors (Lipinski definition) is 1. The minimum atomic E-state index is -0.885. The number of carboxylic acids is 1. The van der Waals surface area contributed by atoms with E-state index < -0.39 is 5.97 Å². The number of rotatable bonds is 7. The van der Waals surface area contributed by atoms with Crippen LogP contribution in [0, 0.1) is 13.8 Å². The molecule has 1 N–H and O–H groups in total. The largest absolute Gasteiger partial charge is 0.494 e. The summed E-state index contributed by atoms with van der Waals surface area (Å²) in [6, 6.07) is 14.0. The molecule has 0 fully saturated rings. The molecule has 0 aromatic heterocycles. The number of unbranched alkanes of at least 4 members (excludes halogenated alkanes) is 1.